The zero-order valence-electron chi connectivity index (χ0n) is 14.1. The van der Waals surface area contributed by atoms with E-state index in [9.17, 15) is 26.3 Å². The van der Waals surface area contributed by atoms with Gasteiger partial charge in [0.2, 0.25) is 0 Å². The topological polar surface area (TPSA) is 40.6 Å². The Bertz CT molecular complexity index is 880. The number of aromatic nitrogens is 1. The first-order chi connectivity index (χ1) is 13.0. The summed E-state index contributed by atoms with van der Waals surface area (Å²) in [4.78, 5) is 3.58. The SMILES string of the molecule is COc1cc(OC(F)(F)F)ccc1Oc1cc(C2CC2)c(C(F)(F)F)nc1Br. The van der Waals surface area contributed by atoms with Crippen LogP contribution in [-0.4, -0.2) is 18.5 Å². The lowest BCUT2D eigenvalue weighted by Gasteiger charge is -2.17. The van der Waals surface area contributed by atoms with Crippen molar-refractivity contribution >= 4 is 15.9 Å². The Labute approximate surface area is 163 Å². The largest absolute Gasteiger partial charge is 0.573 e. The molecule has 2 aromatic rings. The second kappa shape index (κ2) is 7.34. The predicted molar refractivity (Wildman–Crippen MR) is 88.7 cm³/mol. The Kier molecular flexibility index (Phi) is 5.39. The normalized spacial score (nSPS) is 14.7. The summed E-state index contributed by atoms with van der Waals surface area (Å²) in [5, 5.41) is 0. The van der Waals surface area contributed by atoms with Gasteiger partial charge in [-0.25, -0.2) is 4.98 Å². The number of pyridine rings is 1. The van der Waals surface area contributed by atoms with E-state index in [2.05, 4.69) is 25.7 Å². The molecule has 0 bridgehead atoms. The first-order valence-electron chi connectivity index (χ1n) is 7.87. The van der Waals surface area contributed by atoms with Crippen LogP contribution in [0.5, 0.6) is 23.0 Å². The van der Waals surface area contributed by atoms with Crippen LogP contribution in [0.2, 0.25) is 0 Å². The fourth-order valence-corrected chi connectivity index (χ4v) is 2.91. The summed E-state index contributed by atoms with van der Waals surface area (Å²) in [6, 6.07) is 4.34. The van der Waals surface area contributed by atoms with Crippen LogP contribution < -0.4 is 14.2 Å². The van der Waals surface area contributed by atoms with Crippen LogP contribution in [0.3, 0.4) is 0 Å². The van der Waals surface area contributed by atoms with Crippen molar-refractivity contribution in [2.75, 3.05) is 7.11 Å². The second-order valence-electron chi connectivity index (χ2n) is 5.95. The van der Waals surface area contributed by atoms with Gasteiger partial charge in [-0.1, -0.05) is 0 Å². The van der Waals surface area contributed by atoms with Crippen molar-refractivity contribution in [3.05, 3.63) is 40.1 Å². The molecule has 11 heteroatoms. The zero-order chi connectivity index (χ0) is 20.7. The van der Waals surface area contributed by atoms with Crippen molar-refractivity contribution in [2.24, 2.45) is 0 Å². The Morgan fingerprint density at radius 3 is 2.21 bits per heavy atom. The molecule has 0 radical (unpaired) electrons. The number of nitrogens with zero attached hydrogens (tertiary/aromatic N) is 1. The minimum Gasteiger partial charge on any atom is -0.493 e. The number of methoxy groups -OCH3 is 1. The summed E-state index contributed by atoms with van der Waals surface area (Å²) in [5.74, 6) is -0.913. The summed E-state index contributed by atoms with van der Waals surface area (Å²) < 4.78 is 90.8. The number of alkyl halides is 6. The molecule has 0 amide bonds. The minimum absolute atomic E-state index is 0.0129. The third-order valence-corrected chi connectivity index (χ3v) is 4.42. The zero-order valence-corrected chi connectivity index (χ0v) is 15.7. The van der Waals surface area contributed by atoms with Crippen molar-refractivity contribution in [3.63, 3.8) is 0 Å². The second-order valence-corrected chi connectivity index (χ2v) is 6.70. The first kappa shape index (κ1) is 20.6. The van der Waals surface area contributed by atoms with E-state index in [1.165, 1.54) is 13.2 Å². The summed E-state index contributed by atoms with van der Waals surface area (Å²) in [6.07, 6.45) is -8.28. The van der Waals surface area contributed by atoms with Gasteiger partial charge in [0.15, 0.2) is 17.2 Å². The molecule has 4 nitrogen and oxygen atoms in total. The van der Waals surface area contributed by atoms with Crippen LogP contribution in [0.15, 0.2) is 28.9 Å². The molecule has 1 saturated carbocycles. The van der Waals surface area contributed by atoms with E-state index in [1.807, 2.05) is 0 Å². The number of benzene rings is 1. The lowest BCUT2D eigenvalue weighted by atomic mass is 10.1. The molecule has 0 saturated heterocycles. The first-order valence-corrected chi connectivity index (χ1v) is 8.66. The number of ether oxygens (including phenoxy) is 3. The smallest absolute Gasteiger partial charge is 0.493 e. The Hall–Kier alpha value is -2.17. The molecule has 1 aromatic heterocycles. The van der Waals surface area contributed by atoms with E-state index >= 15 is 0 Å². The predicted octanol–water partition coefficient (Wildman–Crippen LogP) is 6.44. The van der Waals surface area contributed by atoms with Crippen LogP contribution >= 0.6 is 15.9 Å². The fourth-order valence-electron chi connectivity index (χ4n) is 2.54. The van der Waals surface area contributed by atoms with Gasteiger partial charge in [0, 0.05) is 6.07 Å². The van der Waals surface area contributed by atoms with Gasteiger partial charge in [0.25, 0.3) is 0 Å². The summed E-state index contributed by atoms with van der Waals surface area (Å²) in [5.41, 5.74) is -0.975. The van der Waals surface area contributed by atoms with E-state index in [4.69, 9.17) is 9.47 Å². The van der Waals surface area contributed by atoms with Gasteiger partial charge < -0.3 is 14.2 Å². The van der Waals surface area contributed by atoms with Crippen LogP contribution in [0.4, 0.5) is 26.3 Å². The molecular formula is C17H12BrF6NO3. The fraction of sp³-hybridized carbons (Fsp3) is 0.353. The van der Waals surface area contributed by atoms with Gasteiger partial charge in [-0.3, -0.25) is 0 Å². The number of halogens is 7. The molecule has 0 atom stereocenters. The van der Waals surface area contributed by atoms with Crippen LogP contribution in [0, 0.1) is 0 Å². The molecule has 1 fully saturated rings. The highest BCUT2D eigenvalue weighted by molar-refractivity contribution is 9.10. The summed E-state index contributed by atoms with van der Waals surface area (Å²) >= 11 is 2.95. The Morgan fingerprint density at radius 1 is 1.00 bits per heavy atom. The molecule has 1 aromatic carbocycles. The molecule has 0 spiro atoms. The average Bonchev–Trinajstić information content (AvgIpc) is 3.40. The Morgan fingerprint density at radius 2 is 1.68 bits per heavy atom. The highest BCUT2D eigenvalue weighted by Crippen LogP contribution is 2.48. The van der Waals surface area contributed by atoms with Crippen molar-refractivity contribution in [1.82, 2.24) is 4.98 Å². The molecular weight excluding hydrogens is 460 g/mol. The minimum atomic E-state index is -4.88. The number of hydrogen-bond donors (Lipinski definition) is 0. The van der Waals surface area contributed by atoms with E-state index in [1.54, 1.807) is 0 Å². The van der Waals surface area contributed by atoms with Gasteiger partial charge in [0.1, 0.15) is 16.0 Å². The average molecular weight is 472 g/mol. The molecule has 0 unspecified atom stereocenters. The maximum absolute atomic E-state index is 13.2. The van der Waals surface area contributed by atoms with Crippen LogP contribution in [0.25, 0.3) is 0 Å². The summed E-state index contributed by atoms with van der Waals surface area (Å²) in [6.45, 7) is 0. The van der Waals surface area contributed by atoms with Gasteiger partial charge in [-0.05, 0) is 58.5 Å². The van der Waals surface area contributed by atoms with Crippen molar-refractivity contribution in [3.8, 4) is 23.0 Å². The molecule has 28 heavy (non-hydrogen) atoms. The maximum Gasteiger partial charge on any atom is 0.573 e. The maximum atomic E-state index is 13.2. The van der Waals surface area contributed by atoms with Gasteiger partial charge >= 0.3 is 12.5 Å². The molecule has 0 aliphatic heterocycles. The molecule has 3 rings (SSSR count). The molecule has 1 heterocycles. The van der Waals surface area contributed by atoms with E-state index in [0.29, 0.717) is 12.8 Å². The van der Waals surface area contributed by atoms with Crippen LogP contribution in [-0.2, 0) is 6.18 Å². The standard InChI is InChI=1S/C17H12BrF6NO3/c1-26-12-6-9(28-17(22,23)24)4-5-11(12)27-13-7-10(8-2-3-8)14(16(19,20)21)25-15(13)18/h4-8H,2-3H2,1H3. The molecule has 152 valence electrons. The molecule has 1 aliphatic carbocycles. The van der Waals surface area contributed by atoms with Crippen molar-refractivity contribution < 1.29 is 40.6 Å². The van der Waals surface area contributed by atoms with E-state index in [0.717, 1.165) is 18.2 Å². The highest BCUT2D eigenvalue weighted by atomic mass is 79.9. The number of hydrogen-bond acceptors (Lipinski definition) is 4. The lowest BCUT2D eigenvalue weighted by molar-refractivity contribution is -0.274. The van der Waals surface area contributed by atoms with E-state index < -0.39 is 24.0 Å². The number of rotatable bonds is 5. The lowest BCUT2D eigenvalue weighted by Crippen LogP contribution is -2.17. The third kappa shape index (κ3) is 4.81. The summed E-state index contributed by atoms with van der Waals surface area (Å²) in [7, 11) is 1.20. The van der Waals surface area contributed by atoms with Gasteiger partial charge in [-0.15, -0.1) is 13.2 Å². The quantitative estimate of drug-likeness (QED) is 0.371. The molecule has 0 N–H and O–H groups in total. The van der Waals surface area contributed by atoms with Gasteiger partial charge in [0.05, 0.1) is 7.11 Å². The van der Waals surface area contributed by atoms with Crippen LogP contribution in [0.1, 0.15) is 30.0 Å². The monoisotopic (exact) mass is 471 g/mol. The van der Waals surface area contributed by atoms with Gasteiger partial charge in [-0.2, -0.15) is 13.2 Å². The van der Waals surface area contributed by atoms with E-state index in [-0.39, 0.29) is 33.3 Å². The van der Waals surface area contributed by atoms with Crippen molar-refractivity contribution in [2.45, 2.75) is 31.3 Å². The Balaban J connectivity index is 1.94. The highest BCUT2D eigenvalue weighted by Gasteiger charge is 2.41. The molecule has 1 aliphatic rings. The third-order valence-electron chi connectivity index (χ3n) is 3.85. The van der Waals surface area contributed by atoms with Crippen molar-refractivity contribution in [1.29, 1.82) is 0 Å².